The number of aromatic hydroxyl groups is 3. The fraction of sp³-hybridized carbons (Fsp3) is 0.160. The molecule has 0 radical (unpaired) electrons. The molecule has 2 heterocycles. The van der Waals surface area contributed by atoms with Gasteiger partial charge in [-0.3, -0.25) is 9.59 Å². The molecule has 0 saturated carbocycles. The summed E-state index contributed by atoms with van der Waals surface area (Å²) in [6.45, 7) is 0. The zero-order valence-corrected chi connectivity index (χ0v) is 18.5. The van der Waals surface area contributed by atoms with E-state index in [1.54, 1.807) is 0 Å². The molecule has 0 saturated heterocycles. The van der Waals surface area contributed by atoms with E-state index in [0.717, 1.165) is 12.1 Å². The van der Waals surface area contributed by atoms with Crippen molar-refractivity contribution in [1.82, 2.24) is 0 Å². The van der Waals surface area contributed by atoms with Crippen LogP contribution in [0.15, 0.2) is 48.5 Å². The van der Waals surface area contributed by atoms with Gasteiger partial charge in [0.1, 0.15) is 22.8 Å². The van der Waals surface area contributed by atoms with Crippen LogP contribution >= 0.6 is 0 Å². The minimum Gasteiger partial charge on any atom is -0.508 e. The van der Waals surface area contributed by atoms with Gasteiger partial charge in [0.05, 0.1) is 7.11 Å². The predicted octanol–water partition coefficient (Wildman–Crippen LogP) is 2.66. The molecule has 2 aliphatic heterocycles. The van der Waals surface area contributed by atoms with Gasteiger partial charge in [-0.25, -0.2) is 4.79 Å². The van der Waals surface area contributed by atoms with Gasteiger partial charge in [0.25, 0.3) is 0 Å². The fourth-order valence-corrected chi connectivity index (χ4v) is 4.12. The highest BCUT2D eigenvalue weighted by molar-refractivity contribution is 6.47. The van der Waals surface area contributed by atoms with Crippen molar-refractivity contribution in [3.05, 3.63) is 65.2 Å². The molecule has 0 bridgehead atoms. The molecule has 3 aromatic carbocycles. The van der Waals surface area contributed by atoms with Crippen molar-refractivity contribution in [1.29, 1.82) is 0 Å². The molecule has 36 heavy (non-hydrogen) atoms. The molecule has 11 nitrogen and oxygen atoms in total. The molecule has 0 spiro atoms. The van der Waals surface area contributed by atoms with Gasteiger partial charge >= 0.3 is 5.97 Å². The number of rotatable bonds is 4. The van der Waals surface area contributed by atoms with E-state index in [0.29, 0.717) is 5.56 Å². The number of ketones is 2. The highest BCUT2D eigenvalue weighted by Crippen LogP contribution is 2.45. The van der Waals surface area contributed by atoms with Gasteiger partial charge < -0.3 is 39.4 Å². The lowest BCUT2D eigenvalue weighted by Gasteiger charge is -2.33. The van der Waals surface area contributed by atoms with Crippen molar-refractivity contribution in [2.45, 2.75) is 18.3 Å². The molecule has 184 valence electrons. The van der Waals surface area contributed by atoms with E-state index in [9.17, 15) is 34.8 Å². The summed E-state index contributed by atoms with van der Waals surface area (Å²) in [6, 6.07) is 10.4. The van der Waals surface area contributed by atoms with Crippen LogP contribution in [0.4, 0.5) is 0 Å². The summed E-state index contributed by atoms with van der Waals surface area (Å²) in [7, 11) is 1.34. The Balaban J connectivity index is 1.52. The van der Waals surface area contributed by atoms with Crippen LogP contribution in [-0.2, 0) is 9.59 Å². The zero-order chi connectivity index (χ0) is 25.7. The van der Waals surface area contributed by atoms with E-state index in [1.165, 1.54) is 43.5 Å². The number of fused-ring (bicyclic) bond motifs is 2. The van der Waals surface area contributed by atoms with Crippen molar-refractivity contribution in [2.24, 2.45) is 0 Å². The second-order valence-corrected chi connectivity index (χ2v) is 8.08. The Labute approximate surface area is 202 Å². The standard InChI is InChI=1S/C25H18O11/c1-33-16-6-11(2-4-13(16)27)23-24(25(31)32)34-15-5-3-10(7-17(15)35-23)22-21(30)20(29)19-14(28)8-12(26)9-18(19)36-22/h2-9,22-24,26-28H,1H3,(H,31,32). The van der Waals surface area contributed by atoms with Gasteiger partial charge in [-0.2, -0.15) is 0 Å². The number of methoxy groups -OCH3 is 1. The predicted molar refractivity (Wildman–Crippen MR) is 119 cm³/mol. The molecule has 5 rings (SSSR count). The number of hydrogen-bond donors (Lipinski definition) is 4. The molecule has 3 atom stereocenters. The van der Waals surface area contributed by atoms with Crippen LogP contribution in [0.1, 0.15) is 33.7 Å². The van der Waals surface area contributed by atoms with E-state index in [1.807, 2.05) is 0 Å². The lowest BCUT2D eigenvalue weighted by atomic mass is 9.93. The zero-order valence-electron chi connectivity index (χ0n) is 18.5. The summed E-state index contributed by atoms with van der Waals surface area (Å²) < 4.78 is 22.3. The summed E-state index contributed by atoms with van der Waals surface area (Å²) in [5.74, 6) is -4.25. The van der Waals surface area contributed by atoms with Crippen LogP contribution in [0.2, 0.25) is 0 Å². The summed E-state index contributed by atoms with van der Waals surface area (Å²) in [5, 5.41) is 39.3. The Hall–Kier alpha value is -4.93. The van der Waals surface area contributed by atoms with Crippen molar-refractivity contribution >= 4 is 17.5 Å². The summed E-state index contributed by atoms with van der Waals surface area (Å²) >= 11 is 0. The highest BCUT2D eigenvalue weighted by atomic mass is 16.6. The molecule has 0 amide bonds. The van der Waals surface area contributed by atoms with Crippen LogP contribution in [0.25, 0.3) is 0 Å². The topological polar surface area (TPSA) is 169 Å². The number of carbonyl (C=O) groups is 3. The van der Waals surface area contributed by atoms with E-state index in [-0.39, 0.29) is 45.6 Å². The number of carbonyl (C=O) groups excluding carboxylic acids is 2. The van der Waals surface area contributed by atoms with Gasteiger partial charge in [-0.05, 0) is 24.3 Å². The number of carboxylic acid groups (broad SMARTS) is 1. The Kier molecular flexibility index (Phi) is 5.32. The van der Waals surface area contributed by atoms with Crippen LogP contribution in [0, 0.1) is 0 Å². The van der Waals surface area contributed by atoms with Gasteiger partial charge in [-0.15, -0.1) is 0 Å². The Morgan fingerprint density at radius 2 is 1.58 bits per heavy atom. The maximum Gasteiger partial charge on any atom is 0.349 e. The van der Waals surface area contributed by atoms with Gasteiger partial charge in [0.2, 0.25) is 17.7 Å². The number of carboxylic acids is 1. The molecule has 0 fully saturated rings. The fourth-order valence-electron chi connectivity index (χ4n) is 4.12. The number of phenols is 3. The first-order valence-corrected chi connectivity index (χ1v) is 10.6. The molecule has 3 aromatic rings. The number of benzene rings is 3. The summed E-state index contributed by atoms with van der Waals surface area (Å²) in [4.78, 5) is 37.3. The second-order valence-electron chi connectivity index (χ2n) is 8.08. The first-order chi connectivity index (χ1) is 17.2. The Morgan fingerprint density at radius 1 is 0.833 bits per heavy atom. The van der Waals surface area contributed by atoms with E-state index < -0.39 is 41.6 Å². The third-order valence-corrected chi connectivity index (χ3v) is 5.83. The minimum absolute atomic E-state index is 0.0791. The smallest absolute Gasteiger partial charge is 0.349 e. The first-order valence-electron chi connectivity index (χ1n) is 10.6. The number of aliphatic carboxylic acids is 1. The van der Waals surface area contributed by atoms with Crippen LogP contribution in [0.5, 0.6) is 40.2 Å². The molecule has 2 aliphatic rings. The third kappa shape index (κ3) is 3.66. The van der Waals surface area contributed by atoms with E-state index in [2.05, 4.69) is 0 Å². The first kappa shape index (κ1) is 22.8. The SMILES string of the molecule is COc1cc(C2Oc3cc(C4Oc5cc(O)cc(O)c5C(=O)C4=O)ccc3OC2C(=O)O)ccc1O. The summed E-state index contributed by atoms with van der Waals surface area (Å²) in [6.07, 6.45) is -4.01. The van der Waals surface area contributed by atoms with Gasteiger partial charge in [0, 0.05) is 23.3 Å². The van der Waals surface area contributed by atoms with Crippen LogP contribution < -0.4 is 18.9 Å². The van der Waals surface area contributed by atoms with Crippen molar-refractivity contribution in [3.63, 3.8) is 0 Å². The average Bonchev–Trinajstić information content (AvgIpc) is 2.84. The number of hydrogen-bond acceptors (Lipinski definition) is 10. The quantitative estimate of drug-likeness (QED) is 0.393. The maximum absolute atomic E-state index is 12.8. The average molecular weight is 494 g/mol. The number of Topliss-reactive ketones (excluding diaryl/α,β-unsaturated/α-hetero) is 2. The molecular formula is C25H18O11. The lowest BCUT2D eigenvalue weighted by molar-refractivity contribution is -0.151. The van der Waals surface area contributed by atoms with E-state index in [4.69, 9.17) is 18.9 Å². The number of ether oxygens (including phenoxy) is 4. The minimum atomic E-state index is -1.44. The molecule has 0 aliphatic carbocycles. The normalized spacial score (nSPS) is 20.3. The van der Waals surface area contributed by atoms with Gasteiger partial charge in [0.15, 0.2) is 35.2 Å². The summed E-state index contributed by atoms with van der Waals surface area (Å²) in [5.41, 5.74) is 0.186. The van der Waals surface area contributed by atoms with E-state index >= 15 is 0 Å². The third-order valence-electron chi connectivity index (χ3n) is 5.83. The monoisotopic (exact) mass is 494 g/mol. The lowest BCUT2D eigenvalue weighted by Crippen LogP contribution is -2.39. The second kappa shape index (κ2) is 8.38. The van der Waals surface area contributed by atoms with Crippen molar-refractivity contribution in [3.8, 4) is 40.2 Å². The molecule has 11 heteroatoms. The van der Waals surface area contributed by atoms with Gasteiger partial charge in [-0.1, -0.05) is 12.1 Å². The maximum atomic E-state index is 12.8. The highest BCUT2D eigenvalue weighted by Gasteiger charge is 2.42. The molecule has 3 unspecified atom stereocenters. The Morgan fingerprint density at radius 3 is 2.31 bits per heavy atom. The van der Waals surface area contributed by atoms with Crippen LogP contribution in [-0.4, -0.2) is 51.2 Å². The Bertz CT molecular complexity index is 1430. The molecule has 0 aromatic heterocycles. The molecular weight excluding hydrogens is 476 g/mol. The van der Waals surface area contributed by atoms with Crippen LogP contribution in [0.3, 0.4) is 0 Å². The molecule has 4 N–H and O–H groups in total. The van der Waals surface area contributed by atoms with Crippen molar-refractivity contribution < 1.29 is 53.8 Å². The van der Waals surface area contributed by atoms with Crippen molar-refractivity contribution in [2.75, 3.05) is 7.11 Å². The number of phenolic OH excluding ortho intramolecular Hbond substituents is 3. The largest absolute Gasteiger partial charge is 0.508 e.